The molecule has 0 amide bonds. The van der Waals surface area contributed by atoms with Gasteiger partial charge in [-0.3, -0.25) is 9.78 Å². The standard InChI is InChI=1S/C6H5NO2.C5H9NO2/c8-6(9)5-2-1-3-7-4-5;7-5(8)4-2-1-3-6-4/h1-4H,(H,8,9);4,6H,1-3H2,(H,7,8)/t;4-/m.0/s1. The summed E-state index contributed by atoms with van der Waals surface area (Å²) in [5.74, 6) is -1.66. The van der Waals surface area contributed by atoms with Crippen LogP contribution in [-0.2, 0) is 4.79 Å². The summed E-state index contributed by atoms with van der Waals surface area (Å²) in [6, 6.07) is 2.81. The molecule has 1 aliphatic rings. The fraction of sp³-hybridized carbons (Fsp3) is 0.364. The van der Waals surface area contributed by atoms with Gasteiger partial charge in [0.1, 0.15) is 6.04 Å². The molecule has 6 heteroatoms. The summed E-state index contributed by atoms with van der Waals surface area (Å²) in [4.78, 5) is 23.9. The molecule has 6 nitrogen and oxygen atoms in total. The van der Waals surface area contributed by atoms with Crippen LogP contribution in [0.5, 0.6) is 0 Å². The van der Waals surface area contributed by atoms with Crippen LogP contribution in [0, 0.1) is 0 Å². The van der Waals surface area contributed by atoms with Crippen LogP contribution in [0.1, 0.15) is 23.2 Å². The highest BCUT2D eigenvalue weighted by molar-refractivity contribution is 5.86. The van der Waals surface area contributed by atoms with Crippen molar-refractivity contribution in [3.63, 3.8) is 0 Å². The van der Waals surface area contributed by atoms with Crippen LogP contribution < -0.4 is 5.32 Å². The van der Waals surface area contributed by atoms with E-state index in [1.165, 1.54) is 18.5 Å². The van der Waals surface area contributed by atoms with Gasteiger partial charge < -0.3 is 15.5 Å². The van der Waals surface area contributed by atoms with E-state index in [0.717, 1.165) is 19.4 Å². The number of pyridine rings is 1. The summed E-state index contributed by atoms with van der Waals surface area (Å²) < 4.78 is 0. The van der Waals surface area contributed by atoms with E-state index in [2.05, 4.69) is 10.3 Å². The first kappa shape index (κ1) is 13.1. The summed E-state index contributed by atoms with van der Waals surface area (Å²) in [6.07, 6.45) is 4.63. The van der Waals surface area contributed by atoms with Crippen LogP contribution in [0.25, 0.3) is 0 Å². The predicted octanol–water partition coefficient (Wildman–Crippen LogP) is 0.603. The van der Waals surface area contributed by atoms with E-state index < -0.39 is 11.9 Å². The Hall–Kier alpha value is -1.95. The zero-order valence-electron chi connectivity index (χ0n) is 9.17. The van der Waals surface area contributed by atoms with Crippen LogP contribution >= 0.6 is 0 Å². The maximum Gasteiger partial charge on any atom is 0.337 e. The average molecular weight is 238 g/mol. The van der Waals surface area contributed by atoms with Crippen LogP contribution in [-0.4, -0.2) is 39.7 Å². The van der Waals surface area contributed by atoms with Crippen LogP contribution in [0.2, 0.25) is 0 Å². The summed E-state index contributed by atoms with van der Waals surface area (Å²) in [5.41, 5.74) is 0.220. The SMILES string of the molecule is O=C(O)[C@@H]1CCCN1.O=C(O)c1cccnc1. The number of aromatic nitrogens is 1. The zero-order chi connectivity index (χ0) is 12.7. The second kappa shape index (κ2) is 6.59. The van der Waals surface area contributed by atoms with E-state index in [4.69, 9.17) is 10.2 Å². The molecule has 0 spiro atoms. The Morgan fingerprint density at radius 1 is 1.41 bits per heavy atom. The van der Waals surface area contributed by atoms with Crippen LogP contribution in [0.15, 0.2) is 24.5 Å². The third kappa shape index (κ3) is 4.60. The van der Waals surface area contributed by atoms with Gasteiger partial charge in [0.25, 0.3) is 0 Å². The minimum Gasteiger partial charge on any atom is -0.480 e. The number of nitrogens with one attached hydrogen (secondary N) is 1. The molecule has 1 atom stereocenters. The van der Waals surface area contributed by atoms with E-state index in [1.807, 2.05) is 0 Å². The van der Waals surface area contributed by atoms with Gasteiger partial charge in [-0.1, -0.05) is 0 Å². The maximum absolute atomic E-state index is 10.2. The van der Waals surface area contributed by atoms with Crippen LogP contribution in [0.4, 0.5) is 0 Å². The minimum atomic E-state index is -0.942. The third-order valence-electron chi connectivity index (χ3n) is 2.27. The molecule has 2 rings (SSSR count). The third-order valence-corrected chi connectivity index (χ3v) is 2.27. The van der Waals surface area contributed by atoms with Gasteiger partial charge in [0.2, 0.25) is 0 Å². The summed E-state index contributed by atoms with van der Waals surface area (Å²) in [5, 5.41) is 19.6. The molecule has 92 valence electrons. The quantitative estimate of drug-likeness (QED) is 0.697. The average Bonchev–Trinajstić information content (AvgIpc) is 2.84. The van der Waals surface area contributed by atoms with Gasteiger partial charge in [-0.05, 0) is 31.5 Å². The number of aliphatic carboxylic acids is 1. The minimum absolute atomic E-state index is 0.220. The van der Waals surface area contributed by atoms with Crippen molar-refractivity contribution >= 4 is 11.9 Å². The van der Waals surface area contributed by atoms with Crippen molar-refractivity contribution < 1.29 is 19.8 Å². The van der Waals surface area contributed by atoms with Gasteiger partial charge in [-0.2, -0.15) is 0 Å². The highest BCUT2D eigenvalue weighted by Gasteiger charge is 2.20. The van der Waals surface area contributed by atoms with Crippen molar-refractivity contribution in [2.45, 2.75) is 18.9 Å². The van der Waals surface area contributed by atoms with E-state index in [9.17, 15) is 9.59 Å². The lowest BCUT2D eigenvalue weighted by atomic mass is 10.2. The van der Waals surface area contributed by atoms with Gasteiger partial charge in [-0.25, -0.2) is 4.79 Å². The fourth-order valence-corrected chi connectivity index (χ4v) is 1.38. The largest absolute Gasteiger partial charge is 0.480 e. The van der Waals surface area contributed by atoms with Crippen molar-refractivity contribution in [2.24, 2.45) is 0 Å². The monoisotopic (exact) mass is 238 g/mol. The lowest BCUT2D eigenvalue weighted by Gasteiger charge is -1.99. The summed E-state index contributed by atoms with van der Waals surface area (Å²) in [7, 11) is 0. The first-order valence-corrected chi connectivity index (χ1v) is 5.21. The molecular formula is C11H14N2O4. The number of rotatable bonds is 2. The molecule has 1 saturated heterocycles. The highest BCUT2D eigenvalue weighted by Crippen LogP contribution is 2.03. The molecule has 0 aliphatic carbocycles. The van der Waals surface area contributed by atoms with E-state index in [-0.39, 0.29) is 11.6 Å². The van der Waals surface area contributed by atoms with E-state index in [0.29, 0.717) is 0 Å². The van der Waals surface area contributed by atoms with Crippen molar-refractivity contribution in [1.29, 1.82) is 0 Å². The van der Waals surface area contributed by atoms with Gasteiger partial charge in [0, 0.05) is 12.4 Å². The first-order chi connectivity index (χ1) is 8.11. The maximum atomic E-state index is 10.2. The Morgan fingerprint density at radius 2 is 2.18 bits per heavy atom. The van der Waals surface area contributed by atoms with Gasteiger partial charge in [0.05, 0.1) is 5.56 Å². The number of carboxylic acid groups (broad SMARTS) is 2. The number of carboxylic acids is 2. The number of nitrogens with zero attached hydrogens (tertiary/aromatic N) is 1. The second-order valence-corrected chi connectivity index (χ2v) is 3.53. The molecule has 0 radical (unpaired) electrons. The summed E-state index contributed by atoms with van der Waals surface area (Å²) >= 11 is 0. The first-order valence-electron chi connectivity index (χ1n) is 5.21. The molecule has 0 aromatic carbocycles. The van der Waals surface area contributed by atoms with Crippen molar-refractivity contribution in [3.05, 3.63) is 30.1 Å². The Bertz CT molecular complexity index is 374. The molecule has 1 aromatic heterocycles. The topological polar surface area (TPSA) is 99.5 Å². The van der Waals surface area contributed by atoms with Crippen LogP contribution in [0.3, 0.4) is 0 Å². The molecule has 3 N–H and O–H groups in total. The predicted molar refractivity (Wildman–Crippen MR) is 59.9 cm³/mol. The van der Waals surface area contributed by atoms with Crippen molar-refractivity contribution in [1.82, 2.24) is 10.3 Å². The van der Waals surface area contributed by atoms with E-state index >= 15 is 0 Å². The Labute approximate surface area is 98.3 Å². The second-order valence-electron chi connectivity index (χ2n) is 3.53. The molecule has 17 heavy (non-hydrogen) atoms. The van der Waals surface area contributed by atoms with Gasteiger partial charge in [0.15, 0.2) is 0 Å². The Balaban J connectivity index is 0.000000171. The van der Waals surface area contributed by atoms with E-state index in [1.54, 1.807) is 6.07 Å². The number of aromatic carboxylic acids is 1. The lowest BCUT2D eigenvalue weighted by Crippen LogP contribution is -2.29. The lowest BCUT2D eigenvalue weighted by molar-refractivity contribution is -0.139. The van der Waals surface area contributed by atoms with Gasteiger partial charge in [-0.15, -0.1) is 0 Å². The number of carbonyl (C=O) groups is 2. The molecule has 1 fully saturated rings. The number of hydrogen-bond donors (Lipinski definition) is 3. The molecular weight excluding hydrogens is 224 g/mol. The highest BCUT2D eigenvalue weighted by atomic mass is 16.4. The molecule has 0 unspecified atom stereocenters. The molecule has 0 saturated carbocycles. The number of hydrogen-bond acceptors (Lipinski definition) is 4. The summed E-state index contributed by atoms with van der Waals surface area (Å²) in [6.45, 7) is 0.858. The van der Waals surface area contributed by atoms with Crippen molar-refractivity contribution in [3.8, 4) is 0 Å². The normalized spacial score (nSPS) is 18.0. The molecule has 1 aromatic rings. The molecule has 1 aliphatic heterocycles. The molecule has 2 heterocycles. The Morgan fingerprint density at radius 3 is 2.47 bits per heavy atom. The van der Waals surface area contributed by atoms with Crippen molar-refractivity contribution in [2.75, 3.05) is 6.54 Å². The molecule has 0 bridgehead atoms. The smallest absolute Gasteiger partial charge is 0.337 e. The fourth-order valence-electron chi connectivity index (χ4n) is 1.38. The Kier molecular flexibility index (Phi) is 5.09. The zero-order valence-corrected chi connectivity index (χ0v) is 9.17. The van der Waals surface area contributed by atoms with Gasteiger partial charge >= 0.3 is 11.9 Å².